The first-order valence-electron chi connectivity index (χ1n) is 10.7. The smallest absolute Gasteiger partial charge is 0.328 e. The first-order chi connectivity index (χ1) is 17.3. The molecule has 9 heteroatoms. The van der Waals surface area contributed by atoms with Gasteiger partial charge in [0.2, 0.25) is 5.91 Å². The lowest BCUT2D eigenvalue weighted by Crippen LogP contribution is -2.29. The fraction of sp³-hybridized carbons (Fsp3) is 0.0370. The van der Waals surface area contributed by atoms with Crippen molar-refractivity contribution >= 4 is 52.3 Å². The molecule has 1 aliphatic heterocycles. The number of hydrogen-bond donors (Lipinski definition) is 3. The van der Waals surface area contributed by atoms with Crippen LogP contribution in [-0.4, -0.2) is 33.8 Å². The lowest BCUT2D eigenvalue weighted by atomic mass is 9.95. The maximum atomic E-state index is 13.2. The van der Waals surface area contributed by atoms with Crippen molar-refractivity contribution in [2.24, 2.45) is 0 Å². The standard InChI is InChI=1S/C27H19ClN2O6/c28-18-11-9-16(10-12-18)24-23(26(35)27(36)30(24)20-7-2-1-3-8-20)25(34)17-5-4-6-19(15-17)29-21(31)13-14-22(32)33/h1-15,24,34H,(H,29,31)(H,32,33)/b14-13-,25-23?. The predicted molar refractivity (Wildman–Crippen MR) is 135 cm³/mol. The summed E-state index contributed by atoms with van der Waals surface area (Å²) in [5.74, 6) is -4.06. The second kappa shape index (κ2) is 10.3. The van der Waals surface area contributed by atoms with Gasteiger partial charge in [-0.2, -0.15) is 0 Å². The number of anilines is 2. The average Bonchev–Trinajstić information content (AvgIpc) is 3.13. The Morgan fingerprint density at radius 3 is 2.25 bits per heavy atom. The first-order valence-corrected chi connectivity index (χ1v) is 11.1. The van der Waals surface area contributed by atoms with Crippen LogP contribution in [0, 0.1) is 0 Å². The Morgan fingerprint density at radius 1 is 0.889 bits per heavy atom. The molecule has 0 bridgehead atoms. The van der Waals surface area contributed by atoms with Gasteiger partial charge >= 0.3 is 5.97 Å². The van der Waals surface area contributed by atoms with Crippen molar-refractivity contribution in [3.63, 3.8) is 0 Å². The Hall–Kier alpha value is -4.69. The quantitative estimate of drug-likeness (QED) is 0.258. The number of carboxylic acids is 1. The summed E-state index contributed by atoms with van der Waals surface area (Å²) in [6, 6.07) is 20.3. The molecule has 3 N–H and O–H groups in total. The Labute approximate surface area is 210 Å². The number of nitrogens with one attached hydrogen (secondary N) is 1. The van der Waals surface area contributed by atoms with Gasteiger partial charge in [-0.1, -0.05) is 54.1 Å². The number of carbonyl (C=O) groups excluding carboxylic acids is 3. The van der Waals surface area contributed by atoms with E-state index in [0.29, 0.717) is 22.3 Å². The zero-order valence-corrected chi connectivity index (χ0v) is 19.3. The molecule has 3 aromatic rings. The van der Waals surface area contributed by atoms with Gasteiger partial charge in [-0.15, -0.1) is 0 Å². The van der Waals surface area contributed by atoms with Gasteiger partial charge in [0.15, 0.2) is 0 Å². The molecule has 0 radical (unpaired) electrons. The molecular weight excluding hydrogens is 484 g/mol. The Morgan fingerprint density at radius 2 is 1.58 bits per heavy atom. The van der Waals surface area contributed by atoms with Crippen molar-refractivity contribution < 1.29 is 29.4 Å². The van der Waals surface area contributed by atoms with E-state index < -0.39 is 35.4 Å². The highest BCUT2D eigenvalue weighted by Gasteiger charge is 2.46. The molecular formula is C27H19ClN2O6. The van der Waals surface area contributed by atoms with Crippen LogP contribution in [0.1, 0.15) is 17.2 Å². The number of aliphatic hydroxyl groups is 1. The zero-order valence-electron chi connectivity index (χ0n) is 18.6. The van der Waals surface area contributed by atoms with Gasteiger partial charge in [-0.3, -0.25) is 19.3 Å². The van der Waals surface area contributed by atoms with E-state index in [1.807, 2.05) is 0 Å². The number of aliphatic hydroxyl groups excluding tert-OH is 1. The molecule has 8 nitrogen and oxygen atoms in total. The zero-order chi connectivity index (χ0) is 25.8. The van der Waals surface area contributed by atoms with Crippen LogP contribution in [0.3, 0.4) is 0 Å². The predicted octanol–water partition coefficient (Wildman–Crippen LogP) is 4.55. The SMILES string of the molecule is O=C(O)/C=C\C(=O)Nc1cccc(C(O)=C2C(=O)C(=O)N(c3ccccc3)C2c2ccc(Cl)cc2)c1. The average molecular weight is 503 g/mol. The minimum atomic E-state index is -1.28. The lowest BCUT2D eigenvalue weighted by molar-refractivity contribution is -0.132. The van der Waals surface area contributed by atoms with Gasteiger partial charge in [-0.25, -0.2) is 4.79 Å². The van der Waals surface area contributed by atoms with Gasteiger partial charge in [0.25, 0.3) is 11.7 Å². The molecule has 1 fully saturated rings. The van der Waals surface area contributed by atoms with Crippen LogP contribution in [0.25, 0.3) is 5.76 Å². The number of Topliss-reactive ketones (excluding diaryl/α,β-unsaturated/α-hetero) is 1. The van der Waals surface area contributed by atoms with Crippen LogP contribution in [0.5, 0.6) is 0 Å². The summed E-state index contributed by atoms with van der Waals surface area (Å²) in [6.45, 7) is 0. The molecule has 1 aliphatic rings. The Kier molecular flexibility index (Phi) is 6.98. The highest BCUT2D eigenvalue weighted by atomic mass is 35.5. The van der Waals surface area contributed by atoms with E-state index in [-0.39, 0.29) is 16.8 Å². The van der Waals surface area contributed by atoms with Crippen molar-refractivity contribution in [1.29, 1.82) is 0 Å². The highest BCUT2D eigenvalue weighted by Crippen LogP contribution is 2.42. The first kappa shape index (κ1) is 24.4. The van der Waals surface area contributed by atoms with Crippen molar-refractivity contribution in [2.45, 2.75) is 6.04 Å². The number of aliphatic carboxylic acids is 1. The summed E-state index contributed by atoms with van der Waals surface area (Å²) in [7, 11) is 0. The number of ketones is 1. The number of rotatable bonds is 6. The fourth-order valence-electron chi connectivity index (χ4n) is 3.88. The molecule has 1 atom stereocenters. The van der Waals surface area contributed by atoms with Gasteiger partial charge in [0.05, 0.1) is 11.6 Å². The molecule has 2 amide bonds. The van der Waals surface area contributed by atoms with Gasteiger partial charge in [0.1, 0.15) is 5.76 Å². The molecule has 1 heterocycles. The second-order valence-electron chi connectivity index (χ2n) is 7.80. The molecule has 0 aromatic heterocycles. The van der Waals surface area contributed by atoms with Crippen LogP contribution < -0.4 is 10.2 Å². The number of benzene rings is 3. The summed E-state index contributed by atoms with van der Waals surface area (Å²) in [5, 5.41) is 22.9. The lowest BCUT2D eigenvalue weighted by Gasteiger charge is -2.25. The number of carboxylic acid groups (broad SMARTS) is 1. The Bertz CT molecular complexity index is 1410. The topological polar surface area (TPSA) is 124 Å². The van der Waals surface area contributed by atoms with Crippen LogP contribution >= 0.6 is 11.6 Å². The fourth-order valence-corrected chi connectivity index (χ4v) is 4.00. The summed E-state index contributed by atoms with van der Waals surface area (Å²) in [5.41, 5.74) is 1.34. The van der Waals surface area contributed by atoms with Crippen molar-refractivity contribution in [3.8, 4) is 0 Å². The van der Waals surface area contributed by atoms with Crippen LogP contribution in [0.4, 0.5) is 11.4 Å². The molecule has 0 aliphatic carbocycles. The number of halogens is 1. The third-order valence-electron chi connectivity index (χ3n) is 5.45. The Balaban J connectivity index is 1.80. The van der Waals surface area contributed by atoms with E-state index in [2.05, 4.69) is 5.32 Å². The van der Waals surface area contributed by atoms with Crippen LogP contribution in [-0.2, 0) is 19.2 Å². The van der Waals surface area contributed by atoms with Crippen molar-refractivity contribution in [2.75, 3.05) is 10.2 Å². The van der Waals surface area contributed by atoms with Crippen molar-refractivity contribution in [1.82, 2.24) is 0 Å². The van der Waals surface area contributed by atoms with E-state index in [9.17, 15) is 24.3 Å². The minimum absolute atomic E-state index is 0.125. The molecule has 1 unspecified atom stereocenters. The third kappa shape index (κ3) is 5.03. The molecule has 3 aromatic carbocycles. The van der Waals surface area contributed by atoms with Gasteiger partial charge < -0.3 is 15.5 Å². The molecule has 0 spiro atoms. The van der Waals surface area contributed by atoms with E-state index in [1.165, 1.54) is 29.2 Å². The number of amides is 2. The number of para-hydroxylation sites is 1. The molecule has 0 saturated carbocycles. The van der Waals surface area contributed by atoms with Crippen molar-refractivity contribution in [3.05, 3.63) is 113 Å². The number of nitrogens with zero attached hydrogens (tertiary/aromatic N) is 1. The summed E-state index contributed by atoms with van der Waals surface area (Å²) >= 11 is 6.04. The molecule has 36 heavy (non-hydrogen) atoms. The highest BCUT2D eigenvalue weighted by molar-refractivity contribution is 6.51. The van der Waals surface area contributed by atoms with E-state index >= 15 is 0 Å². The van der Waals surface area contributed by atoms with Gasteiger partial charge in [0, 0.05) is 34.1 Å². The largest absolute Gasteiger partial charge is 0.507 e. The minimum Gasteiger partial charge on any atom is -0.507 e. The van der Waals surface area contributed by atoms with E-state index in [4.69, 9.17) is 16.7 Å². The maximum Gasteiger partial charge on any atom is 0.328 e. The van der Waals surface area contributed by atoms with Crippen LogP contribution in [0.2, 0.25) is 5.02 Å². The summed E-state index contributed by atoms with van der Waals surface area (Å²) < 4.78 is 0. The van der Waals surface area contributed by atoms with E-state index in [0.717, 1.165) is 6.08 Å². The molecule has 180 valence electrons. The number of hydrogen-bond acceptors (Lipinski definition) is 5. The summed E-state index contributed by atoms with van der Waals surface area (Å²) in [4.78, 5) is 50.2. The molecule has 4 rings (SSSR count). The monoisotopic (exact) mass is 502 g/mol. The van der Waals surface area contributed by atoms with E-state index in [1.54, 1.807) is 54.6 Å². The third-order valence-corrected chi connectivity index (χ3v) is 5.70. The number of carbonyl (C=O) groups is 4. The molecule has 1 saturated heterocycles. The normalized spacial score (nSPS) is 16.9. The second-order valence-corrected chi connectivity index (χ2v) is 8.23. The van der Waals surface area contributed by atoms with Crippen LogP contribution in [0.15, 0.2) is 96.6 Å². The van der Waals surface area contributed by atoms with Gasteiger partial charge in [-0.05, 0) is 42.0 Å². The maximum absolute atomic E-state index is 13.2. The summed E-state index contributed by atoms with van der Waals surface area (Å²) in [6.07, 6.45) is 1.54.